The van der Waals surface area contributed by atoms with E-state index >= 15 is 0 Å². The van der Waals surface area contributed by atoms with E-state index in [1.807, 2.05) is 0 Å². The van der Waals surface area contributed by atoms with Gasteiger partial charge in [0.05, 0.1) is 12.2 Å². The van der Waals surface area contributed by atoms with Crippen LogP contribution >= 0.6 is 0 Å². The molecule has 0 saturated carbocycles. The van der Waals surface area contributed by atoms with Gasteiger partial charge < -0.3 is 9.64 Å². The van der Waals surface area contributed by atoms with E-state index < -0.39 is 48.3 Å². The van der Waals surface area contributed by atoms with Gasteiger partial charge >= 0.3 is 18.6 Å². The first-order chi connectivity index (χ1) is 15.0. The topological polar surface area (TPSA) is 42.0 Å². The highest BCUT2D eigenvalue weighted by Gasteiger charge is 2.36. The summed E-state index contributed by atoms with van der Waals surface area (Å²) in [5.74, 6) is -1.07. The third kappa shape index (κ3) is 9.00. The summed E-state index contributed by atoms with van der Waals surface area (Å²) in [4.78, 5) is 15.1. The van der Waals surface area contributed by atoms with Gasteiger partial charge in [0.25, 0.3) is 0 Å². The number of hydrogen-bond donors (Lipinski definition) is 0. The third-order valence-electron chi connectivity index (χ3n) is 5.03. The molecular formula is C21H27F7N2O3. The van der Waals surface area contributed by atoms with Gasteiger partial charge in [-0.1, -0.05) is 6.07 Å². The number of nitrogens with zero attached hydrogens (tertiary/aromatic N) is 2. The van der Waals surface area contributed by atoms with Crippen molar-refractivity contribution in [3.8, 4) is 0 Å². The van der Waals surface area contributed by atoms with Crippen molar-refractivity contribution in [2.24, 2.45) is 0 Å². The Morgan fingerprint density at radius 2 is 1.70 bits per heavy atom. The Morgan fingerprint density at radius 1 is 1.09 bits per heavy atom. The summed E-state index contributed by atoms with van der Waals surface area (Å²) in [5, 5.41) is 0. The van der Waals surface area contributed by atoms with Crippen LogP contribution in [0.25, 0.3) is 0 Å². The number of rotatable bonds is 6. The molecule has 33 heavy (non-hydrogen) atoms. The molecule has 1 aliphatic heterocycles. The van der Waals surface area contributed by atoms with Crippen LogP contribution in [0.5, 0.6) is 0 Å². The Balaban J connectivity index is 2.15. The van der Waals surface area contributed by atoms with Crippen molar-refractivity contribution in [3.05, 3.63) is 35.1 Å². The van der Waals surface area contributed by atoms with Crippen molar-refractivity contribution in [1.29, 1.82) is 0 Å². The lowest BCUT2D eigenvalue weighted by Gasteiger charge is -2.39. The van der Waals surface area contributed by atoms with E-state index in [0.29, 0.717) is 18.9 Å². The van der Waals surface area contributed by atoms with Gasteiger partial charge in [0.2, 0.25) is 0 Å². The van der Waals surface area contributed by atoms with E-state index in [1.54, 1.807) is 20.8 Å². The van der Waals surface area contributed by atoms with E-state index in [4.69, 9.17) is 4.74 Å². The second-order valence-corrected chi connectivity index (χ2v) is 8.76. The Hall–Kier alpha value is -2.08. The molecule has 0 spiro atoms. The molecule has 188 valence electrons. The standard InChI is InChI=1S/C21H27F7N2O3/c1-19(2,3)33-18(31)29-8-6-16(7-9-29)30(10-11-32-21(26,27)28)13-14-4-5-15(22)12-17(14)20(23,24)25/h4-5,12,16H,6-11,13H2,1-3H3. The Kier molecular flexibility index (Phi) is 8.61. The van der Waals surface area contributed by atoms with E-state index in [1.165, 1.54) is 9.80 Å². The van der Waals surface area contributed by atoms with Crippen molar-refractivity contribution in [1.82, 2.24) is 9.80 Å². The molecule has 5 nitrogen and oxygen atoms in total. The molecule has 1 fully saturated rings. The quantitative estimate of drug-likeness (QED) is 0.491. The lowest BCUT2D eigenvalue weighted by Crippen LogP contribution is -2.48. The number of hydrogen-bond acceptors (Lipinski definition) is 4. The molecule has 0 radical (unpaired) electrons. The van der Waals surface area contributed by atoms with Crippen LogP contribution in [-0.2, 0) is 22.2 Å². The van der Waals surface area contributed by atoms with E-state index in [9.17, 15) is 35.5 Å². The first-order valence-electron chi connectivity index (χ1n) is 10.3. The predicted molar refractivity (Wildman–Crippen MR) is 105 cm³/mol. The number of alkyl halides is 6. The maximum atomic E-state index is 13.4. The van der Waals surface area contributed by atoms with Gasteiger partial charge in [-0.3, -0.25) is 9.64 Å². The van der Waals surface area contributed by atoms with Gasteiger partial charge in [0, 0.05) is 32.2 Å². The number of carbonyl (C=O) groups is 1. The molecule has 0 aliphatic carbocycles. The number of halogens is 7. The fraction of sp³-hybridized carbons (Fsp3) is 0.667. The van der Waals surface area contributed by atoms with Crippen LogP contribution in [0.1, 0.15) is 44.7 Å². The Bertz CT molecular complexity index is 799. The lowest BCUT2D eigenvalue weighted by molar-refractivity contribution is -0.325. The van der Waals surface area contributed by atoms with Gasteiger partial charge in [-0.15, -0.1) is 13.2 Å². The first-order valence-corrected chi connectivity index (χ1v) is 10.3. The van der Waals surface area contributed by atoms with Gasteiger partial charge in [-0.05, 0) is 51.3 Å². The SMILES string of the molecule is CC(C)(C)OC(=O)N1CCC(N(CCOC(F)(F)F)Cc2ccc(F)cc2C(F)(F)F)CC1. The minimum Gasteiger partial charge on any atom is -0.444 e. The number of benzene rings is 1. The third-order valence-corrected chi connectivity index (χ3v) is 5.03. The summed E-state index contributed by atoms with van der Waals surface area (Å²) in [6, 6.07) is 1.81. The van der Waals surface area contributed by atoms with E-state index in [0.717, 1.165) is 12.1 Å². The zero-order valence-electron chi connectivity index (χ0n) is 18.5. The molecule has 2 rings (SSSR count). The molecule has 12 heteroatoms. The van der Waals surface area contributed by atoms with Crippen molar-refractivity contribution in [3.63, 3.8) is 0 Å². The largest absolute Gasteiger partial charge is 0.522 e. The first kappa shape index (κ1) is 27.2. The Labute approximate surface area is 187 Å². The highest BCUT2D eigenvalue weighted by molar-refractivity contribution is 5.68. The van der Waals surface area contributed by atoms with Gasteiger partial charge in [-0.25, -0.2) is 9.18 Å². The molecule has 0 aromatic heterocycles. The average Bonchev–Trinajstić information content (AvgIpc) is 2.65. The van der Waals surface area contributed by atoms with Gasteiger partial charge in [0.1, 0.15) is 11.4 Å². The van der Waals surface area contributed by atoms with Crippen LogP contribution in [0.3, 0.4) is 0 Å². The number of likely N-dealkylation sites (tertiary alicyclic amines) is 1. The molecule has 0 unspecified atom stereocenters. The van der Waals surface area contributed by atoms with Crippen LogP contribution in [0.15, 0.2) is 18.2 Å². The molecule has 1 amide bonds. The fourth-order valence-corrected chi connectivity index (χ4v) is 3.58. The summed E-state index contributed by atoms with van der Waals surface area (Å²) in [6.45, 7) is 4.15. The van der Waals surface area contributed by atoms with Crippen molar-refractivity contribution < 1.29 is 45.0 Å². The van der Waals surface area contributed by atoms with Crippen molar-refractivity contribution in [2.75, 3.05) is 26.2 Å². The fourth-order valence-electron chi connectivity index (χ4n) is 3.58. The van der Waals surface area contributed by atoms with E-state index in [-0.39, 0.29) is 31.7 Å². The van der Waals surface area contributed by atoms with Crippen LogP contribution in [0.4, 0.5) is 35.5 Å². The summed E-state index contributed by atoms with van der Waals surface area (Å²) in [6.07, 6.45) is -9.61. The minimum atomic E-state index is -4.88. The zero-order valence-corrected chi connectivity index (χ0v) is 18.5. The molecule has 1 aromatic rings. The summed E-state index contributed by atoms with van der Waals surface area (Å²) in [7, 11) is 0. The molecule has 0 bridgehead atoms. The monoisotopic (exact) mass is 488 g/mol. The number of amides is 1. The normalized spacial score (nSPS) is 16.4. The minimum absolute atomic E-state index is 0.228. The van der Waals surface area contributed by atoms with E-state index in [2.05, 4.69) is 4.74 Å². The van der Waals surface area contributed by atoms with Gasteiger partial charge in [-0.2, -0.15) is 13.2 Å². The molecular weight excluding hydrogens is 461 g/mol. The van der Waals surface area contributed by atoms with Gasteiger partial charge in [0.15, 0.2) is 0 Å². The zero-order chi connectivity index (χ0) is 25.0. The average molecular weight is 488 g/mol. The maximum absolute atomic E-state index is 13.4. The number of carbonyl (C=O) groups excluding carboxylic acids is 1. The molecule has 0 N–H and O–H groups in total. The highest BCUT2D eigenvalue weighted by atomic mass is 19.4. The smallest absolute Gasteiger partial charge is 0.444 e. The van der Waals surface area contributed by atoms with Crippen molar-refractivity contribution in [2.45, 2.75) is 64.3 Å². The highest BCUT2D eigenvalue weighted by Crippen LogP contribution is 2.34. The van der Waals surface area contributed by atoms with Crippen LogP contribution in [0.2, 0.25) is 0 Å². The number of piperidine rings is 1. The van der Waals surface area contributed by atoms with Crippen molar-refractivity contribution >= 4 is 6.09 Å². The Morgan fingerprint density at radius 3 is 2.21 bits per heavy atom. The molecule has 1 aliphatic rings. The summed E-state index contributed by atoms with van der Waals surface area (Å²) < 4.78 is 100.0. The van der Waals surface area contributed by atoms with Crippen LogP contribution < -0.4 is 0 Å². The molecule has 1 aromatic carbocycles. The van der Waals surface area contributed by atoms with Crippen LogP contribution in [0, 0.1) is 5.82 Å². The van der Waals surface area contributed by atoms with Crippen LogP contribution in [-0.4, -0.2) is 60.1 Å². The molecule has 1 heterocycles. The maximum Gasteiger partial charge on any atom is 0.522 e. The summed E-state index contributed by atoms with van der Waals surface area (Å²) in [5.41, 5.74) is -2.15. The predicted octanol–water partition coefficient (Wildman–Crippen LogP) is 5.58. The summed E-state index contributed by atoms with van der Waals surface area (Å²) >= 11 is 0. The number of ether oxygens (including phenoxy) is 2. The second-order valence-electron chi connectivity index (χ2n) is 8.76. The second kappa shape index (κ2) is 10.5. The molecule has 0 atom stereocenters. The lowest BCUT2D eigenvalue weighted by atomic mass is 10.0. The molecule has 1 saturated heterocycles.